The van der Waals surface area contributed by atoms with E-state index in [0.717, 1.165) is 5.69 Å². The molecule has 1 heterocycles. The predicted molar refractivity (Wildman–Crippen MR) is 77.2 cm³/mol. The number of carbonyl (C=O) groups excluding carboxylic acids is 2. The van der Waals surface area contributed by atoms with Crippen molar-refractivity contribution in [3.8, 4) is 0 Å². The van der Waals surface area contributed by atoms with Crippen molar-refractivity contribution in [1.29, 1.82) is 0 Å². The molecule has 1 atom stereocenters. The summed E-state index contributed by atoms with van der Waals surface area (Å²) in [6, 6.07) is 9.23. The third-order valence-electron chi connectivity index (χ3n) is 2.46. The van der Waals surface area contributed by atoms with Crippen LogP contribution in [0.1, 0.15) is 13.3 Å². The fourth-order valence-corrected chi connectivity index (χ4v) is 2.42. The lowest BCUT2D eigenvalue weighted by Crippen LogP contribution is -2.36. The van der Waals surface area contributed by atoms with Crippen molar-refractivity contribution in [2.24, 2.45) is 4.99 Å². The molecule has 1 aliphatic heterocycles. The van der Waals surface area contributed by atoms with E-state index in [0.29, 0.717) is 11.6 Å². The largest absolute Gasteiger partial charge is 0.325 e. The second-order valence-corrected chi connectivity index (χ2v) is 5.20. The quantitative estimate of drug-likeness (QED) is 0.882. The van der Waals surface area contributed by atoms with E-state index in [9.17, 15) is 9.59 Å². The summed E-state index contributed by atoms with van der Waals surface area (Å²) in [6.07, 6.45) is 0.403. The SMILES string of the molecule is CC1CC(=O)NC(SCC(=O)Nc2ccccc2)=N1. The van der Waals surface area contributed by atoms with E-state index in [1.165, 1.54) is 11.8 Å². The summed E-state index contributed by atoms with van der Waals surface area (Å²) in [4.78, 5) is 27.3. The van der Waals surface area contributed by atoms with Gasteiger partial charge in [0, 0.05) is 12.1 Å². The van der Waals surface area contributed by atoms with Crippen LogP contribution in [0.5, 0.6) is 0 Å². The monoisotopic (exact) mass is 277 g/mol. The molecule has 2 N–H and O–H groups in total. The molecule has 0 spiro atoms. The topological polar surface area (TPSA) is 70.6 Å². The summed E-state index contributed by atoms with van der Waals surface area (Å²) in [5, 5.41) is 5.96. The zero-order valence-corrected chi connectivity index (χ0v) is 11.4. The normalized spacial score (nSPS) is 18.5. The van der Waals surface area contributed by atoms with Crippen LogP contribution in [-0.4, -0.2) is 28.8 Å². The minimum atomic E-state index is -0.119. The summed E-state index contributed by atoms with van der Waals surface area (Å²) in [7, 11) is 0. The number of thioether (sulfide) groups is 1. The first-order valence-corrected chi connectivity index (χ1v) is 6.97. The molecule has 0 saturated carbocycles. The molecule has 1 unspecified atom stereocenters. The smallest absolute Gasteiger partial charge is 0.234 e. The van der Waals surface area contributed by atoms with Gasteiger partial charge in [-0.25, -0.2) is 0 Å². The maximum Gasteiger partial charge on any atom is 0.234 e. The van der Waals surface area contributed by atoms with Gasteiger partial charge in [-0.1, -0.05) is 30.0 Å². The number of anilines is 1. The Morgan fingerprint density at radius 2 is 2.21 bits per heavy atom. The molecule has 100 valence electrons. The van der Waals surface area contributed by atoms with Crippen LogP contribution in [0.25, 0.3) is 0 Å². The Morgan fingerprint density at radius 1 is 1.47 bits per heavy atom. The molecule has 1 aromatic carbocycles. The van der Waals surface area contributed by atoms with Crippen LogP contribution < -0.4 is 10.6 Å². The van der Waals surface area contributed by atoms with Crippen molar-refractivity contribution in [3.63, 3.8) is 0 Å². The second-order valence-electron chi connectivity index (χ2n) is 4.24. The number of hydrogen-bond acceptors (Lipinski definition) is 4. The molecule has 0 radical (unpaired) electrons. The molecular formula is C13H15N3O2S. The minimum Gasteiger partial charge on any atom is -0.325 e. The number of nitrogens with one attached hydrogen (secondary N) is 2. The van der Waals surface area contributed by atoms with Crippen molar-refractivity contribution in [2.75, 3.05) is 11.1 Å². The Labute approximate surface area is 115 Å². The van der Waals surface area contributed by atoms with Gasteiger partial charge in [0.25, 0.3) is 0 Å². The molecular weight excluding hydrogens is 262 g/mol. The molecule has 19 heavy (non-hydrogen) atoms. The molecule has 2 rings (SSSR count). The molecule has 0 bridgehead atoms. The predicted octanol–water partition coefficient (Wildman–Crippen LogP) is 1.62. The number of amidine groups is 1. The summed E-state index contributed by atoms with van der Waals surface area (Å²) in [5.74, 6) is 0.0561. The number of carbonyl (C=O) groups is 2. The number of amides is 2. The molecule has 6 heteroatoms. The molecule has 2 amide bonds. The van der Waals surface area contributed by atoms with Crippen LogP contribution in [0.15, 0.2) is 35.3 Å². The Morgan fingerprint density at radius 3 is 2.89 bits per heavy atom. The van der Waals surface area contributed by atoms with Gasteiger partial charge in [0.15, 0.2) is 5.17 Å². The average Bonchev–Trinajstić information content (AvgIpc) is 2.36. The highest BCUT2D eigenvalue weighted by atomic mass is 32.2. The lowest BCUT2D eigenvalue weighted by atomic mass is 10.2. The van der Waals surface area contributed by atoms with E-state index in [4.69, 9.17) is 0 Å². The van der Waals surface area contributed by atoms with Gasteiger partial charge in [0.05, 0.1) is 11.8 Å². The number of nitrogens with zero attached hydrogens (tertiary/aromatic N) is 1. The van der Waals surface area contributed by atoms with Gasteiger partial charge < -0.3 is 10.6 Å². The van der Waals surface area contributed by atoms with Crippen LogP contribution >= 0.6 is 11.8 Å². The van der Waals surface area contributed by atoms with E-state index in [-0.39, 0.29) is 23.6 Å². The number of rotatable bonds is 3. The first kappa shape index (κ1) is 13.6. The first-order chi connectivity index (χ1) is 9.13. The summed E-state index contributed by atoms with van der Waals surface area (Å²) >= 11 is 1.24. The van der Waals surface area contributed by atoms with Crippen molar-refractivity contribution in [3.05, 3.63) is 30.3 Å². The minimum absolute atomic E-state index is 0.0200. The number of aliphatic imine (C=N–C) groups is 1. The molecule has 0 aliphatic carbocycles. The van der Waals surface area contributed by atoms with E-state index < -0.39 is 0 Å². The summed E-state index contributed by atoms with van der Waals surface area (Å²) in [5.41, 5.74) is 0.760. The summed E-state index contributed by atoms with van der Waals surface area (Å²) in [6.45, 7) is 1.88. The summed E-state index contributed by atoms with van der Waals surface area (Å²) < 4.78 is 0. The van der Waals surface area contributed by atoms with Gasteiger partial charge in [-0.05, 0) is 19.1 Å². The standard InChI is InChI=1S/C13H15N3O2S/c1-9-7-11(17)16-13(14-9)19-8-12(18)15-10-5-3-2-4-6-10/h2-6,9H,7-8H2,1H3,(H,15,18)(H,14,16,17). The second kappa shape index (κ2) is 6.38. The van der Waals surface area contributed by atoms with Crippen molar-refractivity contribution >= 4 is 34.4 Å². The van der Waals surface area contributed by atoms with Gasteiger partial charge in [0.1, 0.15) is 0 Å². The average molecular weight is 277 g/mol. The molecule has 1 aromatic rings. The highest BCUT2D eigenvalue weighted by Crippen LogP contribution is 2.12. The Hall–Kier alpha value is -1.82. The van der Waals surface area contributed by atoms with Crippen LogP contribution in [0.2, 0.25) is 0 Å². The molecule has 0 saturated heterocycles. The maximum absolute atomic E-state index is 11.7. The lowest BCUT2D eigenvalue weighted by molar-refractivity contribution is -0.120. The van der Waals surface area contributed by atoms with Gasteiger partial charge in [-0.3, -0.25) is 14.6 Å². The zero-order chi connectivity index (χ0) is 13.7. The van der Waals surface area contributed by atoms with Gasteiger partial charge in [-0.15, -0.1) is 0 Å². The third-order valence-corrected chi connectivity index (χ3v) is 3.35. The Kier molecular flexibility index (Phi) is 4.57. The van der Waals surface area contributed by atoms with E-state index in [1.807, 2.05) is 37.3 Å². The highest BCUT2D eigenvalue weighted by molar-refractivity contribution is 8.14. The molecule has 0 aromatic heterocycles. The fraction of sp³-hybridized carbons (Fsp3) is 0.308. The number of para-hydroxylation sites is 1. The number of hydrogen-bond donors (Lipinski definition) is 2. The molecule has 5 nitrogen and oxygen atoms in total. The maximum atomic E-state index is 11.7. The van der Waals surface area contributed by atoms with Gasteiger partial charge in [-0.2, -0.15) is 0 Å². The van der Waals surface area contributed by atoms with Crippen LogP contribution in [0.3, 0.4) is 0 Å². The highest BCUT2D eigenvalue weighted by Gasteiger charge is 2.18. The molecule has 0 fully saturated rings. The lowest BCUT2D eigenvalue weighted by Gasteiger charge is -2.17. The van der Waals surface area contributed by atoms with Crippen LogP contribution in [-0.2, 0) is 9.59 Å². The van der Waals surface area contributed by atoms with E-state index >= 15 is 0 Å². The fourth-order valence-electron chi connectivity index (χ4n) is 1.64. The van der Waals surface area contributed by atoms with E-state index in [2.05, 4.69) is 15.6 Å². The Bertz CT molecular complexity index is 502. The van der Waals surface area contributed by atoms with E-state index in [1.54, 1.807) is 0 Å². The Balaban J connectivity index is 1.82. The van der Waals surface area contributed by atoms with Crippen LogP contribution in [0, 0.1) is 0 Å². The van der Waals surface area contributed by atoms with Crippen molar-refractivity contribution in [1.82, 2.24) is 5.32 Å². The van der Waals surface area contributed by atoms with Gasteiger partial charge >= 0.3 is 0 Å². The first-order valence-electron chi connectivity index (χ1n) is 5.99. The van der Waals surface area contributed by atoms with Crippen molar-refractivity contribution < 1.29 is 9.59 Å². The van der Waals surface area contributed by atoms with Gasteiger partial charge in [0.2, 0.25) is 11.8 Å². The number of benzene rings is 1. The zero-order valence-electron chi connectivity index (χ0n) is 10.6. The van der Waals surface area contributed by atoms with Crippen molar-refractivity contribution in [2.45, 2.75) is 19.4 Å². The molecule has 1 aliphatic rings. The van der Waals surface area contributed by atoms with Crippen LogP contribution in [0.4, 0.5) is 5.69 Å². The third kappa shape index (κ3) is 4.40.